The van der Waals surface area contributed by atoms with Crippen LogP contribution in [0.15, 0.2) is 35.5 Å². The number of aliphatic hydroxyl groups excluding tert-OH is 1. The fraction of sp³-hybridized carbons (Fsp3) is 0.368. The molecule has 3 aromatic rings. The number of fused-ring (bicyclic) bond motifs is 1. The Kier molecular flexibility index (Phi) is 4.53. The number of nitrogens with zero attached hydrogens (tertiary/aromatic N) is 3. The molecule has 0 saturated heterocycles. The number of pyridine rings is 1. The maximum absolute atomic E-state index is 13.0. The number of aromatic nitrogens is 3. The minimum absolute atomic E-state index is 0.138. The van der Waals surface area contributed by atoms with Crippen molar-refractivity contribution in [2.24, 2.45) is 13.0 Å². The third-order valence-electron chi connectivity index (χ3n) is 5.13. The Morgan fingerprint density at radius 3 is 2.81 bits per heavy atom. The normalized spacial score (nSPS) is 20.3. The number of hydrogen-bond acceptors (Lipinski definition) is 6. The van der Waals surface area contributed by atoms with E-state index in [4.69, 9.17) is 0 Å². The van der Waals surface area contributed by atoms with E-state index in [1.165, 1.54) is 22.2 Å². The average Bonchev–Trinajstić information content (AvgIpc) is 2.98. The standard InChI is InChI=1S/C19H20N4O3S/c1-10-14-18(21-9-23(2)19(14)26)27-16(10)17(25)22-15(11-7-12(24)8-11)13-5-3-4-6-20-13/h3-6,9,11-12,15,24H,7-8H2,1-2H3,(H,22,25). The fourth-order valence-corrected chi connectivity index (χ4v) is 4.57. The number of nitrogens with one attached hydrogen (secondary N) is 1. The molecule has 1 saturated carbocycles. The second kappa shape index (κ2) is 6.86. The third-order valence-corrected chi connectivity index (χ3v) is 6.33. The van der Waals surface area contributed by atoms with Crippen molar-refractivity contribution in [3.63, 3.8) is 0 Å². The lowest BCUT2D eigenvalue weighted by atomic mass is 9.76. The van der Waals surface area contributed by atoms with Crippen molar-refractivity contribution in [1.29, 1.82) is 0 Å². The summed E-state index contributed by atoms with van der Waals surface area (Å²) in [7, 11) is 1.64. The highest BCUT2D eigenvalue weighted by atomic mass is 32.1. The van der Waals surface area contributed by atoms with Crippen molar-refractivity contribution >= 4 is 27.5 Å². The zero-order chi connectivity index (χ0) is 19.1. The topological polar surface area (TPSA) is 97.1 Å². The first-order chi connectivity index (χ1) is 13.0. The van der Waals surface area contributed by atoms with Gasteiger partial charge >= 0.3 is 0 Å². The largest absolute Gasteiger partial charge is 0.393 e. The van der Waals surface area contributed by atoms with Gasteiger partial charge in [0.25, 0.3) is 11.5 Å². The van der Waals surface area contributed by atoms with Crippen molar-refractivity contribution in [2.75, 3.05) is 0 Å². The molecule has 140 valence electrons. The molecule has 0 radical (unpaired) electrons. The lowest BCUT2D eigenvalue weighted by Gasteiger charge is -2.37. The molecular weight excluding hydrogens is 364 g/mol. The van der Waals surface area contributed by atoms with Crippen LogP contribution >= 0.6 is 11.3 Å². The Morgan fingerprint density at radius 1 is 1.37 bits per heavy atom. The number of hydrogen-bond donors (Lipinski definition) is 2. The molecule has 1 aliphatic rings. The van der Waals surface area contributed by atoms with Gasteiger partial charge in [0.15, 0.2) is 0 Å². The van der Waals surface area contributed by atoms with Crippen molar-refractivity contribution < 1.29 is 9.90 Å². The zero-order valence-corrected chi connectivity index (χ0v) is 15.9. The summed E-state index contributed by atoms with van der Waals surface area (Å²) in [4.78, 5) is 35.1. The van der Waals surface area contributed by atoms with Gasteiger partial charge in [-0.25, -0.2) is 4.98 Å². The Morgan fingerprint density at radius 2 is 2.15 bits per heavy atom. The van der Waals surface area contributed by atoms with Crippen LogP contribution in [-0.2, 0) is 7.05 Å². The molecule has 3 aromatic heterocycles. The second-order valence-corrected chi connectivity index (χ2v) is 7.99. The van der Waals surface area contributed by atoms with E-state index in [2.05, 4.69) is 15.3 Å². The molecule has 0 aromatic carbocycles. The highest BCUT2D eigenvalue weighted by Crippen LogP contribution is 2.38. The van der Waals surface area contributed by atoms with Gasteiger partial charge in [0.2, 0.25) is 0 Å². The van der Waals surface area contributed by atoms with E-state index >= 15 is 0 Å². The van der Waals surface area contributed by atoms with Crippen LogP contribution in [0.25, 0.3) is 10.2 Å². The molecule has 27 heavy (non-hydrogen) atoms. The van der Waals surface area contributed by atoms with Gasteiger partial charge < -0.3 is 15.0 Å². The first-order valence-corrected chi connectivity index (χ1v) is 9.62. The number of carbonyl (C=O) groups is 1. The summed E-state index contributed by atoms with van der Waals surface area (Å²) in [5.74, 6) is -0.103. The SMILES string of the molecule is Cc1c(C(=O)NC(c2ccccn2)C2CC(O)C2)sc2ncn(C)c(=O)c12. The Bertz CT molecular complexity index is 1050. The molecular formula is C19H20N4O3S. The van der Waals surface area contributed by atoms with Crippen LogP contribution in [0.5, 0.6) is 0 Å². The molecule has 1 fully saturated rings. The predicted octanol–water partition coefficient (Wildman–Crippen LogP) is 1.94. The van der Waals surface area contributed by atoms with Crippen molar-refractivity contribution in [2.45, 2.75) is 31.9 Å². The van der Waals surface area contributed by atoms with E-state index in [1.54, 1.807) is 20.2 Å². The molecule has 0 spiro atoms. The van der Waals surface area contributed by atoms with Gasteiger partial charge in [-0.15, -0.1) is 11.3 Å². The summed E-state index contributed by atoms with van der Waals surface area (Å²) in [6.07, 6.45) is 4.11. The first-order valence-electron chi connectivity index (χ1n) is 8.80. The smallest absolute Gasteiger partial charge is 0.262 e. The number of aryl methyl sites for hydroxylation is 2. The average molecular weight is 384 g/mol. The Hall–Kier alpha value is -2.58. The molecule has 7 nitrogen and oxygen atoms in total. The zero-order valence-electron chi connectivity index (χ0n) is 15.0. The molecule has 0 aliphatic heterocycles. The monoisotopic (exact) mass is 384 g/mol. The maximum Gasteiger partial charge on any atom is 0.262 e. The van der Waals surface area contributed by atoms with Crippen LogP contribution in [0, 0.1) is 12.8 Å². The summed E-state index contributed by atoms with van der Waals surface area (Å²) in [6.45, 7) is 1.78. The minimum atomic E-state index is -0.323. The Labute approximate surface area is 159 Å². The van der Waals surface area contributed by atoms with Crippen LogP contribution in [0.1, 0.15) is 39.8 Å². The summed E-state index contributed by atoms with van der Waals surface area (Å²) in [5, 5.41) is 13.2. The summed E-state index contributed by atoms with van der Waals surface area (Å²) in [5.41, 5.74) is 1.27. The molecule has 1 amide bonds. The lowest BCUT2D eigenvalue weighted by molar-refractivity contribution is 0.0228. The van der Waals surface area contributed by atoms with Crippen LogP contribution in [0.4, 0.5) is 0 Å². The molecule has 3 heterocycles. The van der Waals surface area contributed by atoms with Crippen molar-refractivity contribution in [3.05, 3.63) is 57.2 Å². The molecule has 2 N–H and O–H groups in total. The quantitative estimate of drug-likeness (QED) is 0.716. The van der Waals surface area contributed by atoms with Gasteiger partial charge in [-0.05, 0) is 43.4 Å². The van der Waals surface area contributed by atoms with Gasteiger partial charge in [0.05, 0.1) is 34.4 Å². The van der Waals surface area contributed by atoms with E-state index in [1.807, 2.05) is 18.2 Å². The molecule has 8 heteroatoms. The molecule has 4 rings (SSSR count). The van der Waals surface area contributed by atoms with Crippen molar-refractivity contribution in [1.82, 2.24) is 19.9 Å². The van der Waals surface area contributed by atoms with Crippen LogP contribution in [-0.4, -0.2) is 31.7 Å². The van der Waals surface area contributed by atoms with Crippen LogP contribution < -0.4 is 10.9 Å². The lowest BCUT2D eigenvalue weighted by Crippen LogP contribution is -2.41. The second-order valence-electron chi connectivity index (χ2n) is 6.99. The number of aliphatic hydroxyl groups is 1. The number of carbonyl (C=O) groups excluding carboxylic acids is 1. The molecule has 1 unspecified atom stereocenters. The number of thiophene rings is 1. The fourth-order valence-electron chi connectivity index (χ4n) is 3.53. The summed E-state index contributed by atoms with van der Waals surface area (Å²) in [6, 6.07) is 5.32. The molecule has 1 atom stereocenters. The van der Waals surface area contributed by atoms with Gasteiger partial charge in [0.1, 0.15) is 4.83 Å². The van der Waals surface area contributed by atoms with Crippen LogP contribution in [0.3, 0.4) is 0 Å². The van der Waals surface area contributed by atoms with Gasteiger partial charge in [-0.2, -0.15) is 0 Å². The van der Waals surface area contributed by atoms with Gasteiger partial charge in [0, 0.05) is 13.2 Å². The summed E-state index contributed by atoms with van der Waals surface area (Å²) < 4.78 is 1.41. The van der Waals surface area contributed by atoms with E-state index < -0.39 is 0 Å². The first kappa shape index (κ1) is 17.8. The third kappa shape index (κ3) is 3.15. The van der Waals surface area contributed by atoms with Crippen LogP contribution in [0.2, 0.25) is 0 Å². The van der Waals surface area contributed by atoms with E-state index in [0.717, 1.165) is 5.69 Å². The van der Waals surface area contributed by atoms with Gasteiger partial charge in [-0.3, -0.25) is 14.6 Å². The number of amides is 1. The number of rotatable bonds is 4. The van der Waals surface area contributed by atoms with E-state index in [0.29, 0.717) is 33.5 Å². The minimum Gasteiger partial charge on any atom is -0.393 e. The maximum atomic E-state index is 13.0. The molecule has 0 bridgehead atoms. The Balaban J connectivity index is 1.67. The highest BCUT2D eigenvalue weighted by molar-refractivity contribution is 7.20. The summed E-state index contributed by atoms with van der Waals surface area (Å²) >= 11 is 1.22. The van der Waals surface area contributed by atoms with E-state index in [-0.39, 0.29) is 29.5 Å². The predicted molar refractivity (Wildman–Crippen MR) is 103 cm³/mol. The van der Waals surface area contributed by atoms with Gasteiger partial charge in [-0.1, -0.05) is 6.07 Å². The molecule has 1 aliphatic carbocycles. The van der Waals surface area contributed by atoms with Crippen molar-refractivity contribution in [3.8, 4) is 0 Å². The highest BCUT2D eigenvalue weighted by Gasteiger charge is 2.37. The van der Waals surface area contributed by atoms with E-state index in [9.17, 15) is 14.7 Å².